The minimum Gasteiger partial charge on any atom is -0.444 e. The summed E-state index contributed by atoms with van der Waals surface area (Å²) in [7, 11) is 0. The van der Waals surface area contributed by atoms with Gasteiger partial charge in [0.1, 0.15) is 11.4 Å². The predicted octanol–water partition coefficient (Wildman–Crippen LogP) is 4.89. The molecule has 8 heteroatoms. The highest BCUT2D eigenvalue weighted by Gasteiger charge is 2.39. The standard InChI is InChI=1S/C26H33FN2O4S/c1-25(2,3)33-24(31)29-16-21(32-17-20(29)11-10-18-8-6-5-7-9-18)22(30)28-23(34)26(4)14-12-19(27)13-15-26/h5-9,12-14,20-21H,10-11,15-17H2,1-4H3,(H,28,30,34). The molecule has 0 aromatic heterocycles. The maximum absolute atomic E-state index is 13.4. The van der Waals surface area contributed by atoms with Gasteiger partial charge in [0.2, 0.25) is 0 Å². The van der Waals surface area contributed by atoms with Crippen molar-refractivity contribution < 1.29 is 23.5 Å². The fraction of sp³-hybridized carbons (Fsp3) is 0.500. The second-order valence-corrected chi connectivity index (χ2v) is 10.4. The minimum atomic E-state index is -0.887. The van der Waals surface area contributed by atoms with Crippen LogP contribution in [0.1, 0.15) is 46.1 Å². The Balaban J connectivity index is 1.66. The Morgan fingerprint density at radius 1 is 1.29 bits per heavy atom. The Bertz CT molecular complexity index is 973. The lowest BCUT2D eigenvalue weighted by molar-refractivity contribution is -0.140. The van der Waals surface area contributed by atoms with E-state index in [0.717, 1.165) is 12.0 Å². The molecule has 6 nitrogen and oxygen atoms in total. The number of rotatable bonds is 5. The van der Waals surface area contributed by atoms with E-state index >= 15 is 0 Å². The van der Waals surface area contributed by atoms with Crippen LogP contribution in [0.3, 0.4) is 0 Å². The molecule has 1 saturated heterocycles. The molecule has 1 aliphatic heterocycles. The van der Waals surface area contributed by atoms with Gasteiger partial charge in [-0.05, 0) is 64.7 Å². The Labute approximate surface area is 206 Å². The largest absolute Gasteiger partial charge is 0.444 e. The number of carbonyl (C=O) groups is 2. The first-order valence-electron chi connectivity index (χ1n) is 11.5. The summed E-state index contributed by atoms with van der Waals surface area (Å²) in [5.41, 5.74) is -0.169. The number of benzene rings is 1. The van der Waals surface area contributed by atoms with E-state index in [-0.39, 0.29) is 30.0 Å². The number of aryl methyl sites for hydroxylation is 1. The van der Waals surface area contributed by atoms with Gasteiger partial charge < -0.3 is 14.8 Å². The molecule has 0 bridgehead atoms. The lowest BCUT2D eigenvalue weighted by atomic mass is 9.83. The maximum Gasteiger partial charge on any atom is 0.410 e. The van der Waals surface area contributed by atoms with Crippen molar-refractivity contribution in [3.63, 3.8) is 0 Å². The Morgan fingerprint density at radius 2 is 2.00 bits per heavy atom. The number of morpholine rings is 1. The lowest BCUT2D eigenvalue weighted by Crippen LogP contribution is -2.58. The first-order valence-corrected chi connectivity index (χ1v) is 11.9. The highest BCUT2D eigenvalue weighted by molar-refractivity contribution is 7.80. The van der Waals surface area contributed by atoms with Gasteiger partial charge in [-0.3, -0.25) is 9.69 Å². The zero-order valence-electron chi connectivity index (χ0n) is 20.2. The van der Waals surface area contributed by atoms with Crippen molar-refractivity contribution in [2.75, 3.05) is 13.2 Å². The molecule has 1 fully saturated rings. The average molecular weight is 489 g/mol. The number of hydrogen-bond acceptors (Lipinski definition) is 5. The van der Waals surface area contributed by atoms with Crippen LogP contribution in [0.5, 0.6) is 0 Å². The van der Waals surface area contributed by atoms with E-state index in [1.165, 1.54) is 12.2 Å². The quantitative estimate of drug-likeness (QED) is 0.598. The van der Waals surface area contributed by atoms with E-state index < -0.39 is 29.1 Å². The fourth-order valence-corrected chi connectivity index (χ4v) is 4.08. The zero-order valence-corrected chi connectivity index (χ0v) is 21.0. The molecular weight excluding hydrogens is 455 g/mol. The van der Waals surface area contributed by atoms with Crippen molar-refractivity contribution >= 4 is 29.2 Å². The van der Waals surface area contributed by atoms with Gasteiger partial charge in [0.05, 0.1) is 24.2 Å². The van der Waals surface area contributed by atoms with Gasteiger partial charge in [0.25, 0.3) is 5.91 Å². The summed E-state index contributed by atoms with van der Waals surface area (Å²) < 4.78 is 24.9. The highest BCUT2D eigenvalue weighted by atomic mass is 32.1. The summed E-state index contributed by atoms with van der Waals surface area (Å²) in [6.07, 6.45) is 4.88. The predicted molar refractivity (Wildman–Crippen MR) is 133 cm³/mol. The van der Waals surface area contributed by atoms with Crippen LogP contribution in [0.2, 0.25) is 0 Å². The van der Waals surface area contributed by atoms with Gasteiger partial charge in [-0.25, -0.2) is 9.18 Å². The summed E-state index contributed by atoms with van der Waals surface area (Å²) in [5.74, 6) is -0.749. The fourth-order valence-electron chi connectivity index (χ4n) is 3.83. The van der Waals surface area contributed by atoms with E-state index in [4.69, 9.17) is 21.7 Å². The Hall–Kier alpha value is -2.58. The number of ether oxygens (including phenoxy) is 2. The molecule has 34 heavy (non-hydrogen) atoms. The summed E-state index contributed by atoms with van der Waals surface area (Å²) in [5, 5.41) is 2.74. The monoisotopic (exact) mass is 488 g/mol. The molecular formula is C26H33FN2O4S. The third kappa shape index (κ3) is 6.96. The van der Waals surface area contributed by atoms with Gasteiger partial charge in [0.15, 0.2) is 6.10 Å². The molecule has 3 unspecified atom stereocenters. The molecule has 1 aliphatic carbocycles. The molecule has 2 amide bonds. The van der Waals surface area contributed by atoms with Gasteiger partial charge in [-0.1, -0.05) is 48.6 Å². The molecule has 1 heterocycles. The van der Waals surface area contributed by atoms with Crippen molar-refractivity contribution in [2.45, 2.75) is 64.7 Å². The van der Waals surface area contributed by atoms with Crippen LogP contribution >= 0.6 is 12.2 Å². The normalized spacial score (nSPS) is 24.9. The van der Waals surface area contributed by atoms with Crippen LogP contribution in [-0.2, 0) is 20.7 Å². The van der Waals surface area contributed by atoms with Crippen LogP contribution < -0.4 is 5.32 Å². The molecule has 0 saturated carbocycles. The number of thiocarbonyl (C=S) groups is 1. The molecule has 1 N–H and O–H groups in total. The third-order valence-corrected chi connectivity index (χ3v) is 6.48. The first kappa shape index (κ1) is 26.0. The highest BCUT2D eigenvalue weighted by Crippen LogP contribution is 2.31. The summed E-state index contributed by atoms with van der Waals surface area (Å²) in [4.78, 5) is 27.9. The maximum atomic E-state index is 13.4. The SMILES string of the molecule is CC(C)(C)OC(=O)N1CC(C(=O)NC(=S)C2(C)C=CC(F)=CC2)OCC1CCc1ccccc1. The van der Waals surface area contributed by atoms with Crippen molar-refractivity contribution in [1.29, 1.82) is 0 Å². The number of nitrogens with zero attached hydrogens (tertiary/aromatic N) is 1. The van der Waals surface area contributed by atoms with E-state index in [1.54, 1.807) is 11.0 Å². The minimum absolute atomic E-state index is 0.0594. The molecule has 0 radical (unpaired) electrons. The molecule has 1 aromatic carbocycles. The zero-order chi connectivity index (χ0) is 24.9. The number of allylic oxidation sites excluding steroid dienone is 3. The van der Waals surface area contributed by atoms with E-state index in [1.807, 2.05) is 58.0 Å². The molecule has 3 rings (SSSR count). The van der Waals surface area contributed by atoms with E-state index in [9.17, 15) is 14.0 Å². The molecule has 2 aliphatic rings. The average Bonchev–Trinajstić information content (AvgIpc) is 2.79. The van der Waals surface area contributed by atoms with Crippen molar-refractivity contribution in [3.8, 4) is 0 Å². The van der Waals surface area contributed by atoms with E-state index in [0.29, 0.717) is 12.8 Å². The Morgan fingerprint density at radius 3 is 2.62 bits per heavy atom. The summed E-state index contributed by atoms with van der Waals surface area (Å²) >= 11 is 5.45. The summed E-state index contributed by atoms with van der Waals surface area (Å²) in [6.45, 7) is 7.53. The molecule has 3 atom stereocenters. The van der Waals surface area contributed by atoms with Gasteiger partial charge >= 0.3 is 6.09 Å². The topological polar surface area (TPSA) is 67.9 Å². The Kier molecular flexibility index (Phi) is 8.25. The first-order chi connectivity index (χ1) is 16.0. The lowest BCUT2D eigenvalue weighted by Gasteiger charge is -2.40. The van der Waals surface area contributed by atoms with Gasteiger partial charge in [-0.2, -0.15) is 0 Å². The van der Waals surface area contributed by atoms with Gasteiger partial charge in [-0.15, -0.1) is 0 Å². The van der Waals surface area contributed by atoms with Crippen LogP contribution in [0.25, 0.3) is 0 Å². The molecule has 0 spiro atoms. The van der Waals surface area contributed by atoms with Crippen molar-refractivity contribution in [1.82, 2.24) is 10.2 Å². The smallest absolute Gasteiger partial charge is 0.410 e. The molecule has 1 aromatic rings. The number of nitrogens with one attached hydrogen (secondary N) is 1. The number of halogens is 1. The van der Waals surface area contributed by atoms with Crippen LogP contribution in [0.15, 0.2) is 54.4 Å². The van der Waals surface area contributed by atoms with Crippen LogP contribution in [0, 0.1) is 5.41 Å². The second kappa shape index (κ2) is 10.8. The summed E-state index contributed by atoms with van der Waals surface area (Å²) in [6, 6.07) is 9.78. The second-order valence-electron chi connectivity index (χ2n) is 10.00. The number of amides is 2. The van der Waals surface area contributed by atoms with Crippen molar-refractivity contribution in [3.05, 3.63) is 60.0 Å². The number of carbonyl (C=O) groups excluding carboxylic acids is 2. The van der Waals surface area contributed by atoms with Crippen molar-refractivity contribution in [2.24, 2.45) is 5.41 Å². The van der Waals surface area contributed by atoms with Crippen LogP contribution in [-0.4, -0.2) is 52.8 Å². The molecule has 184 valence electrons. The van der Waals surface area contributed by atoms with Crippen LogP contribution in [0.4, 0.5) is 9.18 Å². The third-order valence-electron chi connectivity index (χ3n) is 5.91. The number of hydrogen-bond donors (Lipinski definition) is 1. The van der Waals surface area contributed by atoms with E-state index in [2.05, 4.69) is 5.32 Å². The van der Waals surface area contributed by atoms with Gasteiger partial charge in [0, 0.05) is 5.41 Å².